The number of nitrogens with zero attached hydrogens (tertiary/aromatic N) is 3. The summed E-state index contributed by atoms with van der Waals surface area (Å²) in [4.78, 5) is 21.1. The molecule has 8 heteroatoms. The number of aryl methyl sites for hydroxylation is 1. The summed E-state index contributed by atoms with van der Waals surface area (Å²) >= 11 is 1.38. The van der Waals surface area contributed by atoms with Crippen LogP contribution in [-0.2, 0) is 11.2 Å². The molecule has 4 heterocycles. The van der Waals surface area contributed by atoms with Crippen LogP contribution in [0.4, 0.5) is 0 Å². The molecule has 5 rings (SSSR count). The highest BCUT2D eigenvalue weighted by Crippen LogP contribution is 2.34. The number of aromatic nitrogens is 2. The number of carbonyl (C=O) groups is 1. The van der Waals surface area contributed by atoms with E-state index in [1.807, 2.05) is 49.4 Å². The Morgan fingerprint density at radius 3 is 2.69 bits per heavy atom. The molecule has 1 amide bonds. The molecule has 0 saturated carbocycles. The normalized spacial score (nSPS) is 15.8. The van der Waals surface area contributed by atoms with Gasteiger partial charge < -0.3 is 13.8 Å². The third-order valence-electron chi connectivity index (χ3n) is 5.35. The third kappa shape index (κ3) is 4.27. The molecule has 0 fully saturated rings. The van der Waals surface area contributed by atoms with Gasteiger partial charge in [0.1, 0.15) is 23.3 Å². The molecule has 1 aliphatic heterocycles. The van der Waals surface area contributed by atoms with Crippen LogP contribution in [0.25, 0.3) is 0 Å². The van der Waals surface area contributed by atoms with E-state index in [-0.39, 0.29) is 17.7 Å². The number of hydrogen-bond donors (Lipinski definition) is 1. The maximum atomic E-state index is 13.1. The van der Waals surface area contributed by atoms with E-state index in [9.17, 15) is 4.79 Å². The third-order valence-corrected chi connectivity index (χ3v) is 6.21. The van der Waals surface area contributed by atoms with Crippen LogP contribution in [0.5, 0.6) is 0 Å². The fourth-order valence-corrected chi connectivity index (χ4v) is 4.52. The highest BCUT2D eigenvalue weighted by atomic mass is 32.2. The molecular weight excluding hydrogens is 424 g/mol. The molecule has 1 aliphatic rings. The monoisotopic (exact) mass is 446 g/mol. The number of furan rings is 2. The molecule has 4 aromatic rings. The quantitative estimate of drug-likeness (QED) is 0.405. The van der Waals surface area contributed by atoms with Crippen molar-refractivity contribution in [3.8, 4) is 0 Å². The predicted molar refractivity (Wildman–Crippen MR) is 121 cm³/mol. The van der Waals surface area contributed by atoms with Crippen LogP contribution in [0, 0.1) is 6.92 Å². The van der Waals surface area contributed by atoms with E-state index in [0.717, 1.165) is 28.7 Å². The Labute approximate surface area is 189 Å². The molecule has 7 nitrogen and oxygen atoms in total. The second-order valence-electron chi connectivity index (χ2n) is 7.56. The minimum atomic E-state index is -0.287. The summed E-state index contributed by atoms with van der Waals surface area (Å²) < 4.78 is 11.1. The molecule has 1 unspecified atom stereocenters. The summed E-state index contributed by atoms with van der Waals surface area (Å²) in [6.07, 6.45) is 4.50. The number of rotatable bonds is 7. The van der Waals surface area contributed by atoms with Crippen molar-refractivity contribution < 1.29 is 13.6 Å². The second kappa shape index (κ2) is 8.92. The molecule has 0 radical (unpaired) electrons. The van der Waals surface area contributed by atoms with Gasteiger partial charge in [0.15, 0.2) is 5.16 Å². The first-order valence-electron chi connectivity index (χ1n) is 10.4. The number of imidazole rings is 1. The number of amides is 1. The number of nitrogens with one attached hydrogen (secondary N) is 1. The first-order valence-corrected chi connectivity index (χ1v) is 11.3. The maximum Gasteiger partial charge on any atom is 0.253 e. The molecule has 32 heavy (non-hydrogen) atoms. The van der Waals surface area contributed by atoms with Crippen molar-refractivity contribution in [1.82, 2.24) is 15.0 Å². The van der Waals surface area contributed by atoms with Gasteiger partial charge in [-0.15, -0.1) is 0 Å². The predicted octanol–water partition coefficient (Wildman–Crippen LogP) is 4.96. The molecule has 1 atom stereocenters. The van der Waals surface area contributed by atoms with Crippen LogP contribution in [-0.4, -0.2) is 32.3 Å². The number of H-pyrrole nitrogens is 1. The largest absolute Gasteiger partial charge is 0.467 e. The Morgan fingerprint density at radius 1 is 1.12 bits per heavy atom. The van der Waals surface area contributed by atoms with Gasteiger partial charge in [0.25, 0.3) is 5.91 Å². The summed E-state index contributed by atoms with van der Waals surface area (Å²) in [6, 6.07) is 17.3. The average Bonchev–Trinajstić information content (AvgIpc) is 3.60. The zero-order chi connectivity index (χ0) is 21.9. The highest BCUT2D eigenvalue weighted by Gasteiger charge is 2.35. The Bertz CT molecular complexity index is 1210. The van der Waals surface area contributed by atoms with Crippen molar-refractivity contribution in [3.63, 3.8) is 0 Å². The van der Waals surface area contributed by atoms with Crippen LogP contribution in [0.1, 0.15) is 40.9 Å². The second-order valence-corrected chi connectivity index (χ2v) is 8.53. The van der Waals surface area contributed by atoms with E-state index in [1.54, 1.807) is 12.5 Å². The lowest BCUT2D eigenvalue weighted by Crippen LogP contribution is -2.28. The van der Waals surface area contributed by atoms with Crippen molar-refractivity contribution in [2.75, 3.05) is 5.75 Å². The number of thioether (sulfide) groups is 1. The SMILES string of the molecule is Cc1[nH]c(SCC(=O)N2N=C(c3ccco3)CC2c2ccco2)nc1Cc1ccccc1. The van der Waals surface area contributed by atoms with Gasteiger partial charge in [-0.3, -0.25) is 4.79 Å². The fourth-order valence-electron chi connectivity index (χ4n) is 3.73. The van der Waals surface area contributed by atoms with Crippen LogP contribution >= 0.6 is 11.8 Å². The topological polar surface area (TPSA) is 87.6 Å². The summed E-state index contributed by atoms with van der Waals surface area (Å²) in [7, 11) is 0. The van der Waals surface area contributed by atoms with Crippen LogP contribution in [0.3, 0.4) is 0 Å². The van der Waals surface area contributed by atoms with E-state index in [1.165, 1.54) is 22.3 Å². The zero-order valence-corrected chi connectivity index (χ0v) is 18.3. The maximum absolute atomic E-state index is 13.1. The molecule has 3 aromatic heterocycles. The van der Waals surface area contributed by atoms with E-state index >= 15 is 0 Å². The van der Waals surface area contributed by atoms with Crippen molar-refractivity contribution in [1.29, 1.82) is 0 Å². The van der Waals surface area contributed by atoms with E-state index in [0.29, 0.717) is 17.9 Å². The van der Waals surface area contributed by atoms with E-state index in [4.69, 9.17) is 13.8 Å². The van der Waals surface area contributed by atoms with Gasteiger partial charge >= 0.3 is 0 Å². The molecule has 0 saturated heterocycles. The van der Waals surface area contributed by atoms with Crippen molar-refractivity contribution in [3.05, 3.63) is 95.6 Å². The number of hydrazone groups is 1. The van der Waals surface area contributed by atoms with Crippen molar-refractivity contribution >= 4 is 23.4 Å². The smallest absolute Gasteiger partial charge is 0.253 e. The van der Waals surface area contributed by atoms with E-state index in [2.05, 4.69) is 22.2 Å². The Kier molecular flexibility index (Phi) is 5.68. The van der Waals surface area contributed by atoms with Gasteiger partial charge in [-0.05, 0) is 36.8 Å². The molecule has 0 bridgehead atoms. The van der Waals surface area contributed by atoms with Gasteiger partial charge in [-0.25, -0.2) is 9.99 Å². The summed E-state index contributed by atoms with van der Waals surface area (Å²) in [5.41, 5.74) is 3.93. The first-order chi connectivity index (χ1) is 15.7. The van der Waals surface area contributed by atoms with Crippen molar-refractivity contribution in [2.24, 2.45) is 5.10 Å². The van der Waals surface area contributed by atoms with Gasteiger partial charge in [-0.2, -0.15) is 5.10 Å². The number of benzene rings is 1. The standard InChI is InChI=1S/C24H22N4O3S/c1-16-18(13-17-7-3-2-4-8-17)26-24(25-16)32-15-23(29)28-20(22-10-6-12-31-22)14-19(27-28)21-9-5-11-30-21/h2-12,20H,13-15H2,1H3,(H,25,26). The zero-order valence-electron chi connectivity index (χ0n) is 17.5. The average molecular weight is 447 g/mol. The Morgan fingerprint density at radius 2 is 1.94 bits per heavy atom. The van der Waals surface area contributed by atoms with E-state index < -0.39 is 0 Å². The fraction of sp³-hybridized carbons (Fsp3) is 0.208. The highest BCUT2D eigenvalue weighted by molar-refractivity contribution is 7.99. The number of aromatic amines is 1. The van der Waals surface area contributed by atoms with Crippen molar-refractivity contribution in [2.45, 2.75) is 31.0 Å². The molecule has 0 aliphatic carbocycles. The molecule has 162 valence electrons. The van der Waals surface area contributed by atoms with Gasteiger partial charge in [0.05, 0.1) is 24.0 Å². The van der Waals surface area contributed by atoms with Gasteiger partial charge in [0.2, 0.25) is 0 Å². The van der Waals surface area contributed by atoms with Crippen LogP contribution < -0.4 is 0 Å². The summed E-state index contributed by atoms with van der Waals surface area (Å²) in [5.74, 6) is 1.46. The lowest BCUT2D eigenvalue weighted by molar-refractivity contribution is -0.130. The number of carbonyl (C=O) groups excluding carboxylic acids is 1. The van der Waals surface area contributed by atoms with Gasteiger partial charge in [0, 0.05) is 18.5 Å². The lowest BCUT2D eigenvalue weighted by atomic mass is 10.1. The van der Waals surface area contributed by atoms with Crippen LogP contribution in [0.15, 0.2) is 86.2 Å². The summed E-state index contributed by atoms with van der Waals surface area (Å²) in [5, 5.41) is 6.79. The molecule has 1 aromatic carbocycles. The number of hydrogen-bond acceptors (Lipinski definition) is 6. The molecular formula is C24H22N4O3S. The minimum Gasteiger partial charge on any atom is -0.467 e. The Hall–Kier alpha value is -3.52. The molecule has 1 N–H and O–H groups in total. The van der Waals surface area contributed by atoms with Crippen LogP contribution in [0.2, 0.25) is 0 Å². The minimum absolute atomic E-state index is 0.114. The summed E-state index contributed by atoms with van der Waals surface area (Å²) in [6.45, 7) is 2.00. The Balaban J connectivity index is 1.29. The first kappa shape index (κ1) is 20.4. The van der Waals surface area contributed by atoms with Gasteiger partial charge in [-0.1, -0.05) is 42.1 Å². The molecule has 0 spiro atoms. The lowest BCUT2D eigenvalue weighted by Gasteiger charge is -2.19.